The molecule has 0 saturated carbocycles. The number of hydrogen-bond donors (Lipinski definition) is 1. The maximum atomic E-state index is 13.5. The molecule has 1 aromatic rings. The smallest absolute Gasteiger partial charge is 0.327 e. The molecule has 1 atom stereocenters. The van der Waals surface area contributed by atoms with Gasteiger partial charge in [-0.3, -0.25) is 0 Å². The van der Waals surface area contributed by atoms with Gasteiger partial charge in [-0.2, -0.15) is 17.0 Å². The summed E-state index contributed by atoms with van der Waals surface area (Å²) in [5.74, 6) is -0.352. The van der Waals surface area contributed by atoms with Crippen LogP contribution in [0.15, 0.2) is 18.2 Å². The van der Waals surface area contributed by atoms with Crippen molar-refractivity contribution in [2.24, 2.45) is 0 Å². The van der Waals surface area contributed by atoms with Crippen LogP contribution in [0.3, 0.4) is 0 Å². The molecule has 0 radical (unpaired) electrons. The summed E-state index contributed by atoms with van der Waals surface area (Å²) in [6.07, 6.45) is 0. The van der Waals surface area contributed by atoms with Gasteiger partial charge in [0.05, 0.1) is 5.69 Å². The zero-order chi connectivity index (χ0) is 13.1. The van der Waals surface area contributed by atoms with Gasteiger partial charge in [0.2, 0.25) is 0 Å². The topological polar surface area (TPSA) is 64.3 Å². The average molecular weight is 266 g/mol. The first-order valence-electron chi connectivity index (χ1n) is 5.41. The number of halogens is 1. The van der Waals surface area contributed by atoms with Crippen molar-refractivity contribution in [2.75, 3.05) is 23.0 Å². The van der Waals surface area contributed by atoms with Gasteiger partial charge in [-0.25, -0.2) is 9.18 Å². The maximum absolute atomic E-state index is 13.5. The minimum atomic E-state index is -0.949. The quantitative estimate of drug-likeness (QED) is 0.882. The highest BCUT2D eigenvalue weighted by Crippen LogP contribution is 2.28. The SMILES string of the molecule is N#Cc1c(F)cccc1N1CCSCC1C(=O)O. The number of carbonyl (C=O) groups is 1. The number of carboxylic acid groups (broad SMARTS) is 1. The van der Waals surface area contributed by atoms with Crippen LogP contribution < -0.4 is 4.90 Å². The van der Waals surface area contributed by atoms with Crippen LogP contribution in [0.25, 0.3) is 0 Å². The van der Waals surface area contributed by atoms with E-state index < -0.39 is 17.8 Å². The molecule has 1 aromatic carbocycles. The van der Waals surface area contributed by atoms with Gasteiger partial charge in [-0.1, -0.05) is 6.07 Å². The summed E-state index contributed by atoms with van der Waals surface area (Å²) in [6, 6.07) is 5.38. The van der Waals surface area contributed by atoms with Crippen molar-refractivity contribution < 1.29 is 14.3 Å². The number of hydrogen-bond acceptors (Lipinski definition) is 4. The Morgan fingerprint density at radius 1 is 1.61 bits per heavy atom. The van der Waals surface area contributed by atoms with Gasteiger partial charge in [0, 0.05) is 18.1 Å². The predicted molar refractivity (Wildman–Crippen MR) is 67.2 cm³/mol. The molecule has 1 unspecified atom stereocenters. The Hall–Kier alpha value is -1.74. The minimum absolute atomic E-state index is 0.0874. The average Bonchev–Trinajstić information content (AvgIpc) is 2.38. The van der Waals surface area contributed by atoms with Crippen LogP contribution in [-0.2, 0) is 4.79 Å². The normalized spacial score (nSPS) is 19.3. The van der Waals surface area contributed by atoms with Crippen LogP contribution in [0, 0.1) is 17.1 Å². The Labute approximate surface area is 108 Å². The Morgan fingerprint density at radius 2 is 2.39 bits per heavy atom. The lowest BCUT2D eigenvalue weighted by Crippen LogP contribution is -2.47. The van der Waals surface area contributed by atoms with Crippen molar-refractivity contribution in [3.05, 3.63) is 29.6 Å². The zero-order valence-corrected chi connectivity index (χ0v) is 10.3. The van der Waals surface area contributed by atoms with Crippen molar-refractivity contribution in [1.29, 1.82) is 5.26 Å². The van der Waals surface area contributed by atoms with E-state index in [1.807, 2.05) is 0 Å². The van der Waals surface area contributed by atoms with E-state index in [-0.39, 0.29) is 5.56 Å². The van der Waals surface area contributed by atoms with Crippen molar-refractivity contribution in [3.8, 4) is 6.07 Å². The number of nitrogens with zero attached hydrogens (tertiary/aromatic N) is 2. The number of nitriles is 1. The van der Waals surface area contributed by atoms with Crippen molar-refractivity contribution in [1.82, 2.24) is 0 Å². The molecular formula is C12H11FN2O2S. The molecule has 0 spiro atoms. The van der Waals surface area contributed by atoms with E-state index in [9.17, 15) is 14.3 Å². The van der Waals surface area contributed by atoms with E-state index in [2.05, 4.69) is 0 Å². The number of anilines is 1. The Balaban J connectivity index is 2.43. The third-order valence-corrected chi connectivity index (χ3v) is 3.85. The highest BCUT2D eigenvalue weighted by molar-refractivity contribution is 7.99. The van der Waals surface area contributed by atoms with Gasteiger partial charge in [-0.15, -0.1) is 0 Å². The van der Waals surface area contributed by atoms with E-state index in [1.165, 1.54) is 12.1 Å². The van der Waals surface area contributed by atoms with Gasteiger partial charge in [0.25, 0.3) is 0 Å². The largest absolute Gasteiger partial charge is 0.480 e. The van der Waals surface area contributed by atoms with Gasteiger partial charge in [-0.05, 0) is 12.1 Å². The maximum Gasteiger partial charge on any atom is 0.327 e. The molecule has 4 nitrogen and oxygen atoms in total. The molecule has 0 aromatic heterocycles. The van der Waals surface area contributed by atoms with Crippen LogP contribution in [0.5, 0.6) is 0 Å². The molecule has 2 rings (SSSR count). The molecule has 18 heavy (non-hydrogen) atoms. The molecule has 1 heterocycles. The summed E-state index contributed by atoms with van der Waals surface area (Å²) in [5.41, 5.74) is 0.279. The third-order valence-electron chi connectivity index (χ3n) is 2.83. The van der Waals surface area contributed by atoms with E-state index in [0.29, 0.717) is 18.0 Å². The van der Waals surface area contributed by atoms with E-state index in [1.54, 1.807) is 28.8 Å². The first-order valence-corrected chi connectivity index (χ1v) is 6.56. The summed E-state index contributed by atoms with van der Waals surface area (Å²) < 4.78 is 13.5. The van der Waals surface area contributed by atoms with Crippen LogP contribution in [0.2, 0.25) is 0 Å². The number of aliphatic carboxylic acids is 1. The molecule has 94 valence electrons. The van der Waals surface area contributed by atoms with Gasteiger partial charge < -0.3 is 10.0 Å². The van der Waals surface area contributed by atoms with E-state index in [0.717, 1.165) is 5.75 Å². The lowest BCUT2D eigenvalue weighted by molar-refractivity contribution is -0.138. The summed E-state index contributed by atoms with van der Waals surface area (Å²) in [5, 5.41) is 18.2. The number of benzene rings is 1. The predicted octanol–water partition coefficient (Wildman–Crippen LogP) is 1.70. The molecule has 1 aliphatic heterocycles. The van der Waals surface area contributed by atoms with Crippen molar-refractivity contribution >= 4 is 23.4 Å². The van der Waals surface area contributed by atoms with Gasteiger partial charge >= 0.3 is 5.97 Å². The second kappa shape index (κ2) is 5.27. The second-order valence-corrected chi connectivity index (χ2v) is 5.02. The molecule has 0 amide bonds. The number of thioether (sulfide) groups is 1. The number of carboxylic acids is 1. The molecule has 1 N–H and O–H groups in total. The highest BCUT2D eigenvalue weighted by atomic mass is 32.2. The second-order valence-electron chi connectivity index (χ2n) is 3.87. The first kappa shape index (κ1) is 12.7. The fourth-order valence-electron chi connectivity index (χ4n) is 1.96. The summed E-state index contributed by atoms with van der Waals surface area (Å²) >= 11 is 1.55. The molecule has 0 aliphatic carbocycles. The lowest BCUT2D eigenvalue weighted by Gasteiger charge is -2.35. The summed E-state index contributed by atoms with van der Waals surface area (Å²) in [4.78, 5) is 12.8. The van der Waals surface area contributed by atoms with Crippen molar-refractivity contribution in [3.63, 3.8) is 0 Å². The van der Waals surface area contributed by atoms with Gasteiger partial charge in [0.1, 0.15) is 23.5 Å². The Morgan fingerprint density at radius 3 is 3.06 bits per heavy atom. The molecule has 1 fully saturated rings. The minimum Gasteiger partial charge on any atom is -0.480 e. The summed E-state index contributed by atoms with van der Waals surface area (Å²) in [7, 11) is 0. The standard InChI is InChI=1S/C12H11FN2O2S/c13-9-2-1-3-10(8(9)6-14)15-4-5-18-7-11(15)12(16)17/h1-3,11H,4-5,7H2,(H,16,17). The molecule has 6 heteroatoms. The fourth-order valence-corrected chi connectivity index (χ4v) is 3.00. The van der Waals surface area contributed by atoms with Crippen LogP contribution in [0.4, 0.5) is 10.1 Å². The lowest BCUT2D eigenvalue weighted by atomic mass is 10.1. The highest BCUT2D eigenvalue weighted by Gasteiger charge is 2.30. The summed E-state index contributed by atoms with van der Waals surface area (Å²) in [6.45, 7) is 0.500. The third kappa shape index (κ3) is 2.27. The first-order chi connectivity index (χ1) is 8.65. The number of rotatable bonds is 2. The van der Waals surface area contributed by atoms with Crippen LogP contribution >= 0.6 is 11.8 Å². The Bertz CT molecular complexity index is 515. The van der Waals surface area contributed by atoms with Crippen LogP contribution in [-0.4, -0.2) is 35.2 Å². The van der Waals surface area contributed by atoms with E-state index >= 15 is 0 Å². The van der Waals surface area contributed by atoms with Crippen molar-refractivity contribution in [2.45, 2.75) is 6.04 Å². The monoisotopic (exact) mass is 266 g/mol. The molecule has 1 saturated heterocycles. The molecular weight excluding hydrogens is 255 g/mol. The molecule has 0 bridgehead atoms. The Kier molecular flexibility index (Phi) is 3.72. The fraction of sp³-hybridized carbons (Fsp3) is 0.333. The van der Waals surface area contributed by atoms with E-state index in [4.69, 9.17) is 5.26 Å². The zero-order valence-electron chi connectivity index (χ0n) is 9.47. The van der Waals surface area contributed by atoms with Crippen LogP contribution in [0.1, 0.15) is 5.56 Å². The van der Waals surface area contributed by atoms with Gasteiger partial charge in [0.15, 0.2) is 0 Å². The molecule has 1 aliphatic rings.